The number of hydrogen-bond donors (Lipinski definition) is 0. The molecule has 0 radical (unpaired) electrons. The molecule has 0 aliphatic heterocycles. The summed E-state index contributed by atoms with van der Waals surface area (Å²) in [5, 5.41) is 0. The Balaban J connectivity index is 0.00000220. The molecule has 0 N–H and O–H groups in total. The lowest BCUT2D eigenvalue weighted by Crippen LogP contribution is -2.11. The molecule has 0 amide bonds. The molecule has 0 spiro atoms. The minimum Gasteiger partial charge on any atom is -0.310 e. The van der Waals surface area contributed by atoms with Crippen LogP contribution in [0.2, 0.25) is 0 Å². The van der Waals surface area contributed by atoms with Crippen LogP contribution in [-0.2, 0) is 0 Å². The van der Waals surface area contributed by atoms with Crippen molar-refractivity contribution >= 4 is 22.6 Å². The first kappa shape index (κ1) is 34.7. The molecule has 7 aromatic rings. The SMILES string of the molecule is C/C=C\C(=C/C)c1cccc(-c2cccc(N(c3cccc(-c4cccc(-c5ccccc5)c4)c3)c3ccccc3-c3ccccc3)c2)c1.CC. The molecule has 250 valence electrons. The van der Waals surface area contributed by atoms with E-state index in [2.05, 4.69) is 219 Å². The molecule has 51 heavy (non-hydrogen) atoms. The maximum Gasteiger partial charge on any atom is 0.0540 e. The first-order chi connectivity index (χ1) is 25.2. The highest BCUT2D eigenvalue weighted by Crippen LogP contribution is 2.43. The van der Waals surface area contributed by atoms with Crippen molar-refractivity contribution in [2.45, 2.75) is 27.7 Å². The lowest BCUT2D eigenvalue weighted by molar-refractivity contribution is 1.28. The van der Waals surface area contributed by atoms with Gasteiger partial charge >= 0.3 is 0 Å². The summed E-state index contributed by atoms with van der Waals surface area (Å²) < 4.78 is 0. The van der Waals surface area contributed by atoms with Gasteiger partial charge in [-0.1, -0.05) is 172 Å². The molecule has 1 heteroatoms. The van der Waals surface area contributed by atoms with E-state index in [9.17, 15) is 0 Å². The fourth-order valence-corrected chi connectivity index (χ4v) is 6.53. The quantitative estimate of drug-likeness (QED) is 0.139. The second kappa shape index (κ2) is 17.0. The van der Waals surface area contributed by atoms with Crippen LogP contribution in [-0.4, -0.2) is 0 Å². The molecule has 0 heterocycles. The number of hydrogen-bond acceptors (Lipinski definition) is 1. The van der Waals surface area contributed by atoms with Crippen molar-refractivity contribution in [1.29, 1.82) is 0 Å². The minimum atomic E-state index is 1.10. The summed E-state index contributed by atoms with van der Waals surface area (Å²) in [6, 6.07) is 65.4. The topological polar surface area (TPSA) is 3.24 Å². The van der Waals surface area contributed by atoms with Crippen LogP contribution in [0.4, 0.5) is 17.1 Å². The fourth-order valence-electron chi connectivity index (χ4n) is 6.53. The van der Waals surface area contributed by atoms with E-state index in [0.717, 1.165) is 17.1 Å². The van der Waals surface area contributed by atoms with Crippen molar-refractivity contribution in [3.63, 3.8) is 0 Å². The normalized spacial score (nSPS) is 11.2. The van der Waals surface area contributed by atoms with Gasteiger partial charge in [-0.15, -0.1) is 0 Å². The van der Waals surface area contributed by atoms with Crippen molar-refractivity contribution in [2.75, 3.05) is 4.90 Å². The van der Waals surface area contributed by atoms with E-state index < -0.39 is 0 Å². The molecular weight excluding hydrogens is 615 g/mol. The van der Waals surface area contributed by atoms with Crippen molar-refractivity contribution in [3.05, 3.63) is 206 Å². The standard InChI is InChI=1S/C48H39N.C2H6/c1-3-17-36(4-2)39-22-13-24-41(32-39)43-26-15-28-45(34-43)49(48-31-12-11-30-47(48)38-20-9-6-10-21-38)46-29-16-27-44(35-46)42-25-14-23-40(33-42)37-18-7-5-8-19-37;1-2/h3-35H,1-2H3;1-2H3/b17-3-,36-4+;. The van der Waals surface area contributed by atoms with E-state index in [4.69, 9.17) is 0 Å². The molecule has 7 rings (SSSR count). The molecular formula is C50H45N. The van der Waals surface area contributed by atoms with Gasteiger partial charge in [-0.25, -0.2) is 0 Å². The number of nitrogens with zero attached hydrogens (tertiary/aromatic N) is 1. The first-order valence-corrected chi connectivity index (χ1v) is 17.9. The third-order valence-corrected chi connectivity index (χ3v) is 8.93. The number of allylic oxidation sites excluding steroid dienone is 4. The second-order valence-corrected chi connectivity index (χ2v) is 12.1. The van der Waals surface area contributed by atoms with Gasteiger partial charge in [0.15, 0.2) is 0 Å². The monoisotopic (exact) mass is 659 g/mol. The van der Waals surface area contributed by atoms with Crippen molar-refractivity contribution in [1.82, 2.24) is 0 Å². The molecule has 0 aliphatic rings. The van der Waals surface area contributed by atoms with Gasteiger partial charge in [0.1, 0.15) is 0 Å². The molecule has 0 aromatic heterocycles. The molecule has 0 saturated carbocycles. The Morgan fingerprint density at radius 1 is 0.412 bits per heavy atom. The third kappa shape index (κ3) is 8.01. The van der Waals surface area contributed by atoms with Crippen molar-refractivity contribution in [2.24, 2.45) is 0 Å². The lowest BCUT2D eigenvalue weighted by atomic mass is 9.97. The lowest BCUT2D eigenvalue weighted by Gasteiger charge is -2.29. The van der Waals surface area contributed by atoms with Gasteiger partial charge in [0.05, 0.1) is 5.69 Å². The molecule has 0 unspecified atom stereocenters. The first-order valence-electron chi connectivity index (χ1n) is 17.9. The smallest absolute Gasteiger partial charge is 0.0540 e. The molecule has 0 fully saturated rings. The zero-order valence-corrected chi connectivity index (χ0v) is 30.0. The van der Waals surface area contributed by atoms with Crippen LogP contribution >= 0.6 is 0 Å². The van der Waals surface area contributed by atoms with Crippen LogP contribution in [0.25, 0.3) is 50.1 Å². The highest BCUT2D eigenvalue weighted by atomic mass is 15.1. The summed E-state index contributed by atoms with van der Waals surface area (Å²) >= 11 is 0. The minimum absolute atomic E-state index is 1.10. The maximum atomic E-state index is 2.40. The number of para-hydroxylation sites is 1. The Morgan fingerprint density at radius 2 is 0.863 bits per heavy atom. The Morgan fingerprint density at radius 3 is 1.45 bits per heavy atom. The van der Waals surface area contributed by atoms with Crippen LogP contribution in [0, 0.1) is 0 Å². The fraction of sp³-hybridized carbons (Fsp3) is 0.0800. The van der Waals surface area contributed by atoms with Gasteiger partial charge in [0.25, 0.3) is 0 Å². The van der Waals surface area contributed by atoms with E-state index >= 15 is 0 Å². The van der Waals surface area contributed by atoms with Gasteiger partial charge in [-0.2, -0.15) is 0 Å². The zero-order chi connectivity index (χ0) is 35.4. The Hall–Kier alpha value is -6.18. The summed E-state index contributed by atoms with van der Waals surface area (Å²) in [6.45, 7) is 8.16. The van der Waals surface area contributed by atoms with Crippen molar-refractivity contribution in [3.8, 4) is 44.5 Å². The van der Waals surface area contributed by atoms with Gasteiger partial charge in [-0.05, 0) is 106 Å². The highest BCUT2D eigenvalue weighted by Gasteiger charge is 2.18. The average Bonchev–Trinajstić information content (AvgIpc) is 3.22. The molecule has 0 aliphatic carbocycles. The Kier molecular flexibility index (Phi) is 11.5. The molecule has 0 bridgehead atoms. The number of anilines is 3. The summed E-state index contributed by atoms with van der Waals surface area (Å²) in [5.41, 5.74) is 15.2. The summed E-state index contributed by atoms with van der Waals surface area (Å²) in [6.07, 6.45) is 6.43. The third-order valence-electron chi connectivity index (χ3n) is 8.93. The number of rotatable bonds is 9. The number of benzene rings is 7. The summed E-state index contributed by atoms with van der Waals surface area (Å²) in [5.74, 6) is 0. The van der Waals surface area contributed by atoms with Gasteiger partial charge < -0.3 is 4.90 Å². The predicted molar refractivity (Wildman–Crippen MR) is 223 cm³/mol. The second-order valence-electron chi connectivity index (χ2n) is 12.1. The zero-order valence-electron chi connectivity index (χ0n) is 30.0. The Labute approximate surface area is 304 Å². The van der Waals surface area contributed by atoms with E-state index in [1.54, 1.807) is 0 Å². The summed E-state index contributed by atoms with van der Waals surface area (Å²) in [7, 11) is 0. The molecule has 0 saturated heterocycles. The Bertz CT molecular complexity index is 2240. The van der Waals surface area contributed by atoms with Crippen LogP contribution in [0.3, 0.4) is 0 Å². The maximum absolute atomic E-state index is 2.40. The highest BCUT2D eigenvalue weighted by molar-refractivity contribution is 5.90. The molecule has 1 nitrogen and oxygen atoms in total. The van der Waals surface area contributed by atoms with Gasteiger partial charge in [0.2, 0.25) is 0 Å². The van der Waals surface area contributed by atoms with Gasteiger partial charge in [-0.3, -0.25) is 0 Å². The van der Waals surface area contributed by atoms with Crippen LogP contribution in [0.1, 0.15) is 33.3 Å². The van der Waals surface area contributed by atoms with Crippen LogP contribution in [0.15, 0.2) is 200 Å². The van der Waals surface area contributed by atoms with E-state index in [-0.39, 0.29) is 0 Å². The van der Waals surface area contributed by atoms with E-state index in [1.807, 2.05) is 13.8 Å². The summed E-state index contributed by atoms with van der Waals surface area (Å²) in [4.78, 5) is 2.40. The molecule has 0 atom stereocenters. The average molecular weight is 660 g/mol. The van der Waals surface area contributed by atoms with E-state index in [0.29, 0.717) is 0 Å². The van der Waals surface area contributed by atoms with E-state index in [1.165, 1.54) is 55.6 Å². The van der Waals surface area contributed by atoms with Crippen LogP contribution in [0.5, 0.6) is 0 Å². The van der Waals surface area contributed by atoms with Gasteiger partial charge in [0, 0.05) is 16.9 Å². The predicted octanol–water partition coefficient (Wildman–Crippen LogP) is 14.8. The van der Waals surface area contributed by atoms with Crippen LogP contribution < -0.4 is 4.90 Å². The largest absolute Gasteiger partial charge is 0.310 e. The van der Waals surface area contributed by atoms with Crippen molar-refractivity contribution < 1.29 is 0 Å². The molecule has 7 aromatic carbocycles.